The highest BCUT2D eigenvalue weighted by Gasteiger charge is 2.67. The third-order valence-electron chi connectivity index (χ3n) is 3.25. The highest BCUT2D eigenvalue weighted by Crippen LogP contribution is 2.53. The fourth-order valence-corrected chi connectivity index (χ4v) is 4.49. The Morgan fingerprint density at radius 3 is 2.59 bits per heavy atom. The zero-order valence-electron chi connectivity index (χ0n) is 9.30. The number of benzene rings is 1. The number of halogens is 1. The lowest BCUT2D eigenvalue weighted by molar-refractivity contribution is 0.253. The van der Waals surface area contributed by atoms with Gasteiger partial charge in [0, 0.05) is 17.2 Å². The first-order valence-corrected chi connectivity index (χ1v) is 7.48. The molecule has 1 aromatic carbocycles. The summed E-state index contributed by atoms with van der Waals surface area (Å²) in [7, 11) is -3.29. The van der Waals surface area contributed by atoms with E-state index in [4.69, 9.17) is 17.3 Å². The van der Waals surface area contributed by atoms with E-state index < -0.39 is 20.6 Å². The highest BCUT2D eigenvalue weighted by atomic mass is 35.5. The molecule has 0 bridgehead atoms. The maximum Gasteiger partial charge on any atom is 0.152 e. The van der Waals surface area contributed by atoms with Crippen molar-refractivity contribution in [1.82, 2.24) is 0 Å². The summed E-state index contributed by atoms with van der Waals surface area (Å²) in [6.07, 6.45) is 1.14. The van der Waals surface area contributed by atoms with E-state index in [1.165, 1.54) is 0 Å². The van der Waals surface area contributed by atoms with Crippen molar-refractivity contribution in [3.8, 4) is 0 Å². The van der Waals surface area contributed by atoms with Crippen LogP contribution in [0.15, 0.2) is 24.3 Å². The summed E-state index contributed by atoms with van der Waals surface area (Å²) in [6, 6.07) is 6.92. The minimum Gasteiger partial charge on any atom is -0.394 e. The molecule has 0 saturated heterocycles. The summed E-state index contributed by atoms with van der Waals surface area (Å²) in [5.41, 5.74) is 5.60. The van der Waals surface area contributed by atoms with Gasteiger partial charge in [0.1, 0.15) is 0 Å². The summed E-state index contributed by atoms with van der Waals surface area (Å²) in [6.45, 7) is -0.359. The minimum absolute atomic E-state index is 0.359. The van der Waals surface area contributed by atoms with Crippen LogP contribution in [0.1, 0.15) is 11.5 Å². The molecule has 0 spiro atoms. The van der Waals surface area contributed by atoms with Gasteiger partial charge in [-0.05, 0) is 17.7 Å². The van der Waals surface area contributed by atoms with Crippen LogP contribution in [0.3, 0.4) is 0 Å². The van der Waals surface area contributed by atoms with Crippen LogP contribution in [-0.2, 0) is 9.84 Å². The van der Waals surface area contributed by atoms with Crippen LogP contribution in [0, 0.1) is 0 Å². The van der Waals surface area contributed by atoms with Crippen molar-refractivity contribution in [3.63, 3.8) is 0 Å². The van der Waals surface area contributed by atoms with Gasteiger partial charge in [0.2, 0.25) is 0 Å². The molecule has 1 saturated carbocycles. The Bertz CT molecular complexity index is 545. The van der Waals surface area contributed by atoms with Crippen molar-refractivity contribution in [2.24, 2.45) is 5.73 Å². The summed E-state index contributed by atoms with van der Waals surface area (Å²) < 4.78 is 23.2. The molecular weight excluding hydrogens is 262 g/mol. The lowest BCUT2D eigenvalue weighted by atomic mass is 10.1. The van der Waals surface area contributed by atoms with Gasteiger partial charge in [0.25, 0.3) is 0 Å². The predicted octanol–water partition coefficient (Wildman–Crippen LogP) is 0.540. The van der Waals surface area contributed by atoms with E-state index in [1.807, 2.05) is 0 Å². The molecule has 3 N–H and O–H groups in total. The van der Waals surface area contributed by atoms with E-state index in [9.17, 15) is 13.5 Å². The molecular formula is C11H14ClNO3S. The number of rotatable bonds is 3. The summed E-state index contributed by atoms with van der Waals surface area (Å²) in [5, 5.41) is 9.07. The molecule has 17 heavy (non-hydrogen) atoms. The monoisotopic (exact) mass is 275 g/mol. The maximum absolute atomic E-state index is 11.6. The molecule has 6 heteroatoms. The number of sulfone groups is 1. The van der Waals surface area contributed by atoms with Gasteiger partial charge in [-0.2, -0.15) is 0 Å². The predicted molar refractivity (Wildman–Crippen MR) is 66.8 cm³/mol. The van der Waals surface area contributed by atoms with Gasteiger partial charge < -0.3 is 10.8 Å². The molecule has 0 radical (unpaired) electrons. The largest absolute Gasteiger partial charge is 0.394 e. The Morgan fingerprint density at radius 2 is 2.18 bits per heavy atom. The molecule has 0 amide bonds. The topological polar surface area (TPSA) is 80.4 Å². The molecule has 94 valence electrons. The normalized spacial score (nSPS) is 32.5. The Morgan fingerprint density at radius 1 is 1.53 bits per heavy atom. The van der Waals surface area contributed by atoms with Crippen molar-refractivity contribution < 1.29 is 13.5 Å². The molecule has 0 aliphatic heterocycles. The molecule has 1 aliphatic carbocycles. The molecule has 1 aromatic rings. The molecule has 3 atom stereocenters. The molecule has 0 heterocycles. The highest BCUT2D eigenvalue weighted by molar-refractivity contribution is 7.91. The smallest absolute Gasteiger partial charge is 0.152 e. The van der Waals surface area contributed by atoms with Crippen LogP contribution in [0.2, 0.25) is 5.02 Å². The van der Waals surface area contributed by atoms with Gasteiger partial charge in [0.05, 0.1) is 17.4 Å². The average Bonchev–Trinajstić information content (AvgIpc) is 2.86. The van der Waals surface area contributed by atoms with E-state index in [0.717, 1.165) is 11.8 Å². The standard InChI is InChI=1S/C11H14ClNO3S/c1-17(15,16)10-9(11(10,13)6-14)7-3-2-4-8(12)5-7/h2-5,9-10,14H,6,13H2,1H3. The van der Waals surface area contributed by atoms with E-state index in [1.54, 1.807) is 24.3 Å². The van der Waals surface area contributed by atoms with Crippen molar-refractivity contribution in [3.05, 3.63) is 34.9 Å². The van der Waals surface area contributed by atoms with E-state index in [-0.39, 0.29) is 12.5 Å². The van der Waals surface area contributed by atoms with Crippen molar-refractivity contribution in [2.45, 2.75) is 16.7 Å². The molecule has 3 unspecified atom stereocenters. The number of hydrogen-bond acceptors (Lipinski definition) is 4. The first-order valence-electron chi connectivity index (χ1n) is 5.15. The molecule has 0 aromatic heterocycles. The fourth-order valence-electron chi connectivity index (χ4n) is 2.44. The Kier molecular flexibility index (Phi) is 2.98. The third-order valence-corrected chi connectivity index (χ3v) is 5.11. The van der Waals surface area contributed by atoms with Crippen LogP contribution in [0.5, 0.6) is 0 Å². The molecule has 4 nitrogen and oxygen atoms in total. The van der Waals surface area contributed by atoms with Crippen LogP contribution in [0.25, 0.3) is 0 Å². The Labute approximate surface area is 105 Å². The van der Waals surface area contributed by atoms with Crippen molar-refractivity contribution in [2.75, 3.05) is 12.9 Å². The van der Waals surface area contributed by atoms with Gasteiger partial charge >= 0.3 is 0 Å². The van der Waals surface area contributed by atoms with Gasteiger partial charge in [0.15, 0.2) is 9.84 Å². The van der Waals surface area contributed by atoms with E-state index >= 15 is 0 Å². The van der Waals surface area contributed by atoms with Crippen molar-refractivity contribution >= 4 is 21.4 Å². The van der Waals surface area contributed by atoms with Crippen LogP contribution < -0.4 is 5.73 Å². The zero-order chi connectivity index (χ0) is 12.8. The second-order valence-electron chi connectivity index (χ2n) is 4.55. The SMILES string of the molecule is CS(=O)(=O)C1C(c2cccc(Cl)c2)C1(N)CO. The summed E-state index contributed by atoms with van der Waals surface area (Å²) >= 11 is 5.86. The Balaban J connectivity index is 2.41. The lowest BCUT2D eigenvalue weighted by Gasteiger charge is -2.06. The van der Waals surface area contributed by atoms with Gasteiger partial charge in [-0.1, -0.05) is 23.7 Å². The summed E-state index contributed by atoms with van der Waals surface area (Å²) in [4.78, 5) is 0. The van der Waals surface area contributed by atoms with Gasteiger partial charge in [-0.3, -0.25) is 0 Å². The zero-order valence-corrected chi connectivity index (χ0v) is 10.9. The van der Waals surface area contributed by atoms with Crippen LogP contribution in [0.4, 0.5) is 0 Å². The fraction of sp³-hybridized carbons (Fsp3) is 0.455. The molecule has 1 aliphatic rings. The number of nitrogens with two attached hydrogens (primary N) is 1. The Hall–Kier alpha value is -0.620. The van der Waals surface area contributed by atoms with Crippen LogP contribution >= 0.6 is 11.6 Å². The number of aliphatic hydroxyl groups excluding tert-OH is 1. The van der Waals surface area contributed by atoms with E-state index in [0.29, 0.717) is 5.02 Å². The maximum atomic E-state index is 11.6. The van der Waals surface area contributed by atoms with Gasteiger partial charge in [-0.25, -0.2) is 8.42 Å². The summed E-state index contributed by atoms with van der Waals surface area (Å²) in [5.74, 6) is -0.388. The minimum atomic E-state index is -3.29. The van der Waals surface area contributed by atoms with Gasteiger partial charge in [-0.15, -0.1) is 0 Å². The first-order chi connectivity index (χ1) is 7.80. The second-order valence-corrected chi connectivity index (χ2v) is 7.16. The lowest BCUT2D eigenvalue weighted by Crippen LogP contribution is -2.34. The quantitative estimate of drug-likeness (QED) is 0.844. The number of aliphatic hydroxyl groups is 1. The first kappa shape index (κ1) is 12.8. The van der Waals surface area contributed by atoms with Crippen molar-refractivity contribution in [1.29, 1.82) is 0 Å². The molecule has 2 rings (SSSR count). The van der Waals surface area contributed by atoms with E-state index in [2.05, 4.69) is 0 Å². The average molecular weight is 276 g/mol. The molecule has 1 fully saturated rings. The van der Waals surface area contributed by atoms with Crippen LogP contribution in [-0.4, -0.2) is 37.2 Å². The third kappa shape index (κ3) is 2.08. The number of hydrogen-bond donors (Lipinski definition) is 2. The second kappa shape index (κ2) is 3.95.